The smallest absolute Gasteiger partial charge is 0.123 e. The van der Waals surface area contributed by atoms with Gasteiger partial charge in [0.1, 0.15) is 1.41 Å². The van der Waals surface area contributed by atoms with Crippen molar-refractivity contribution < 1.29 is 1.41 Å². The van der Waals surface area contributed by atoms with E-state index in [1.54, 1.807) is 5.31 Å². The molecule has 1 aliphatic rings. The molecule has 0 aromatic carbocycles. The van der Waals surface area contributed by atoms with E-state index in [1.807, 2.05) is 0 Å². The maximum absolute atomic E-state index is 7.79. The van der Waals surface area contributed by atoms with Gasteiger partial charge in [-0.25, -0.2) is 0 Å². The Balaban J connectivity index is 2.64. The minimum atomic E-state index is 0.240. The molecule has 0 aliphatic carbocycles. The lowest BCUT2D eigenvalue weighted by Gasteiger charge is -2.43. The highest BCUT2D eigenvalue weighted by Crippen LogP contribution is 2.16. The van der Waals surface area contributed by atoms with Crippen molar-refractivity contribution >= 4 is 0 Å². The number of piperazine rings is 1. The highest BCUT2D eigenvalue weighted by atomic mass is 15.3. The average molecular weight is 172 g/mol. The SMILES string of the molecule is [3H]N1[C@H](C)CN(C(C)(C)C)C[C@@H]1C. The van der Waals surface area contributed by atoms with Gasteiger partial charge in [-0.1, -0.05) is 0 Å². The molecule has 0 aromatic rings. The van der Waals surface area contributed by atoms with E-state index in [-0.39, 0.29) is 5.54 Å². The van der Waals surface area contributed by atoms with E-state index >= 15 is 0 Å². The first-order chi connectivity index (χ1) is 5.82. The molecule has 1 aliphatic heterocycles. The van der Waals surface area contributed by atoms with Crippen molar-refractivity contribution in [3.63, 3.8) is 0 Å². The molecule has 0 spiro atoms. The minimum Gasteiger partial charge on any atom is -0.309 e. The van der Waals surface area contributed by atoms with Crippen LogP contribution in [0, 0.1) is 0 Å². The van der Waals surface area contributed by atoms with Crippen molar-refractivity contribution in [1.29, 1.82) is 0 Å². The number of hydrogen-bond donors (Lipinski definition) is 1. The Bertz CT molecular complexity index is 164. The zero-order valence-corrected chi connectivity index (χ0v) is 8.96. The van der Waals surface area contributed by atoms with Gasteiger partial charge in [0.2, 0.25) is 0 Å². The third kappa shape index (κ3) is 2.46. The van der Waals surface area contributed by atoms with Crippen LogP contribution >= 0.6 is 0 Å². The van der Waals surface area contributed by atoms with Gasteiger partial charge in [0.15, 0.2) is 0 Å². The van der Waals surface area contributed by atoms with Crippen LogP contribution in [0.4, 0.5) is 0 Å². The van der Waals surface area contributed by atoms with Crippen LogP contribution in [0.15, 0.2) is 0 Å². The molecule has 2 atom stereocenters. The Morgan fingerprint density at radius 2 is 1.67 bits per heavy atom. The predicted molar refractivity (Wildman–Crippen MR) is 53.4 cm³/mol. The molecule has 0 aromatic heterocycles. The lowest BCUT2D eigenvalue weighted by Crippen LogP contribution is -2.59. The topological polar surface area (TPSA) is 15.3 Å². The van der Waals surface area contributed by atoms with Crippen molar-refractivity contribution in [2.75, 3.05) is 13.1 Å². The van der Waals surface area contributed by atoms with E-state index in [1.165, 1.54) is 0 Å². The second kappa shape index (κ2) is 3.35. The molecule has 2 nitrogen and oxygen atoms in total. The fraction of sp³-hybridized carbons (Fsp3) is 1.00. The number of hydrogen-bond acceptors (Lipinski definition) is 2. The maximum atomic E-state index is 7.79. The van der Waals surface area contributed by atoms with Gasteiger partial charge in [0.05, 0.1) is 0 Å². The summed E-state index contributed by atoms with van der Waals surface area (Å²) in [6.07, 6.45) is 0. The average Bonchev–Trinajstić information content (AvgIpc) is 1.97. The molecule has 0 amide bonds. The van der Waals surface area contributed by atoms with E-state index in [0.717, 1.165) is 13.1 Å². The van der Waals surface area contributed by atoms with Crippen LogP contribution in [0.2, 0.25) is 1.41 Å². The van der Waals surface area contributed by atoms with E-state index in [2.05, 4.69) is 39.5 Å². The fourth-order valence-corrected chi connectivity index (χ4v) is 1.79. The summed E-state index contributed by atoms with van der Waals surface area (Å²) in [5.74, 6) is 0. The molecule has 2 heteroatoms. The Labute approximate surface area is 77.8 Å². The molecule has 0 unspecified atom stereocenters. The van der Waals surface area contributed by atoms with Gasteiger partial charge in [-0.15, -0.1) is 0 Å². The molecule has 1 fully saturated rings. The predicted octanol–water partition coefficient (Wildman–Crippen LogP) is 1.47. The van der Waals surface area contributed by atoms with E-state index in [9.17, 15) is 0 Å². The molecule has 1 N–H and O–H groups in total. The van der Waals surface area contributed by atoms with Crippen LogP contribution in [0.1, 0.15) is 34.6 Å². The second-order valence-corrected chi connectivity index (χ2v) is 4.92. The summed E-state index contributed by atoms with van der Waals surface area (Å²) >= 11 is 0. The van der Waals surface area contributed by atoms with Gasteiger partial charge in [-0.05, 0) is 34.6 Å². The third-order valence-corrected chi connectivity index (χ3v) is 2.43. The van der Waals surface area contributed by atoms with Crippen LogP contribution in [0.25, 0.3) is 0 Å². The summed E-state index contributed by atoms with van der Waals surface area (Å²) in [7, 11) is 0. The fourth-order valence-electron chi connectivity index (χ4n) is 1.79. The summed E-state index contributed by atoms with van der Waals surface area (Å²) in [4.78, 5) is 2.47. The molecule has 1 heterocycles. The van der Waals surface area contributed by atoms with Crippen LogP contribution in [0.3, 0.4) is 0 Å². The van der Waals surface area contributed by atoms with Crippen LogP contribution in [0.5, 0.6) is 0 Å². The number of nitrogens with zero attached hydrogens (tertiary/aromatic N) is 1. The Morgan fingerprint density at radius 3 is 2.00 bits per heavy atom. The van der Waals surface area contributed by atoms with Crippen molar-refractivity contribution in [1.82, 2.24) is 10.2 Å². The van der Waals surface area contributed by atoms with Crippen molar-refractivity contribution in [2.45, 2.75) is 52.2 Å². The largest absolute Gasteiger partial charge is 0.309 e. The zero-order valence-electron chi connectivity index (χ0n) is 9.96. The van der Waals surface area contributed by atoms with E-state index < -0.39 is 0 Å². The highest BCUT2D eigenvalue weighted by Gasteiger charge is 2.28. The molecular weight excluding hydrogens is 148 g/mol. The summed E-state index contributed by atoms with van der Waals surface area (Å²) < 4.78 is 7.79. The van der Waals surface area contributed by atoms with Gasteiger partial charge in [-0.3, -0.25) is 4.90 Å². The van der Waals surface area contributed by atoms with Crippen LogP contribution < -0.4 is 5.31 Å². The van der Waals surface area contributed by atoms with Gasteiger partial charge in [-0.2, -0.15) is 0 Å². The molecule has 72 valence electrons. The number of rotatable bonds is 0. The van der Waals surface area contributed by atoms with Gasteiger partial charge in [0.25, 0.3) is 0 Å². The molecule has 0 bridgehead atoms. The third-order valence-electron chi connectivity index (χ3n) is 2.43. The van der Waals surface area contributed by atoms with E-state index in [0.29, 0.717) is 12.1 Å². The first kappa shape index (κ1) is 8.52. The number of nitrogens with one attached hydrogen (secondary N) is 1. The summed E-state index contributed by atoms with van der Waals surface area (Å²) in [5, 5.41) is 1.72. The Hall–Kier alpha value is -0.0800. The normalized spacial score (nSPS) is 36.6. The Morgan fingerprint density at radius 1 is 1.25 bits per heavy atom. The minimum absolute atomic E-state index is 0.240. The lowest BCUT2D eigenvalue weighted by atomic mass is 10.0. The standard InChI is InChI=1S/C10H22N2/c1-8-6-12(10(3,4)5)7-9(2)11-8/h8-9,11H,6-7H2,1-5H3/t8-,9+/i/hT. The molecule has 1 saturated heterocycles. The lowest BCUT2D eigenvalue weighted by molar-refractivity contribution is 0.0795. The van der Waals surface area contributed by atoms with Gasteiger partial charge >= 0.3 is 0 Å². The summed E-state index contributed by atoms with van der Waals surface area (Å²) in [5.41, 5.74) is 0.240. The van der Waals surface area contributed by atoms with Crippen LogP contribution in [-0.4, -0.2) is 35.6 Å². The molecule has 12 heavy (non-hydrogen) atoms. The van der Waals surface area contributed by atoms with Crippen molar-refractivity contribution in [3.05, 3.63) is 0 Å². The molecular formula is C10H22N2. The van der Waals surface area contributed by atoms with Gasteiger partial charge in [0, 0.05) is 30.7 Å². The van der Waals surface area contributed by atoms with Crippen LogP contribution in [-0.2, 0) is 0 Å². The Kier molecular flexibility index (Phi) is 2.37. The molecule has 0 radical (unpaired) electrons. The van der Waals surface area contributed by atoms with Crippen molar-refractivity contribution in [3.8, 4) is 0 Å². The second-order valence-electron chi connectivity index (χ2n) is 4.92. The van der Waals surface area contributed by atoms with Gasteiger partial charge < -0.3 is 5.31 Å². The quantitative estimate of drug-likeness (QED) is 0.595. The van der Waals surface area contributed by atoms with E-state index in [4.69, 9.17) is 1.41 Å². The maximum Gasteiger partial charge on any atom is 0.123 e. The first-order valence-electron chi connectivity index (χ1n) is 5.29. The van der Waals surface area contributed by atoms with Crippen molar-refractivity contribution in [2.24, 2.45) is 0 Å². The monoisotopic (exact) mass is 172 g/mol. The molecule has 0 saturated carbocycles. The zero-order chi connectivity index (χ0) is 10.2. The highest BCUT2D eigenvalue weighted by molar-refractivity contribution is 4.87. The molecule has 1 rings (SSSR count). The summed E-state index contributed by atoms with van der Waals surface area (Å²) in [6.45, 7) is 13.0. The summed E-state index contributed by atoms with van der Waals surface area (Å²) in [6, 6.07) is 0.700. The first-order valence-corrected chi connectivity index (χ1v) is 4.84.